The van der Waals surface area contributed by atoms with E-state index in [1.807, 2.05) is 38.1 Å². The maximum absolute atomic E-state index is 12.6. The number of hydrogen-bond donors (Lipinski definition) is 2. The van der Waals surface area contributed by atoms with Gasteiger partial charge in [-0.25, -0.2) is 4.79 Å². The van der Waals surface area contributed by atoms with Crippen molar-refractivity contribution in [3.8, 4) is 0 Å². The van der Waals surface area contributed by atoms with Crippen LogP contribution in [-0.4, -0.2) is 33.4 Å². The van der Waals surface area contributed by atoms with Gasteiger partial charge >= 0.3 is 5.97 Å². The van der Waals surface area contributed by atoms with Crippen LogP contribution >= 0.6 is 0 Å². The van der Waals surface area contributed by atoms with Crippen molar-refractivity contribution in [2.24, 2.45) is 5.92 Å². The van der Waals surface area contributed by atoms with Crippen molar-refractivity contribution in [1.29, 1.82) is 0 Å². The summed E-state index contributed by atoms with van der Waals surface area (Å²) in [6.45, 7) is 8.53. The first kappa shape index (κ1) is 17.3. The summed E-state index contributed by atoms with van der Waals surface area (Å²) in [7, 11) is 0. The van der Waals surface area contributed by atoms with E-state index in [1.54, 1.807) is 4.90 Å². The fourth-order valence-electron chi connectivity index (χ4n) is 3.61. The van der Waals surface area contributed by atoms with Crippen LogP contribution in [0.3, 0.4) is 0 Å². The van der Waals surface area contributed by atoms with Gasteiger partial charge in [0.05, 0.1) is 11.3 Å². The maximum Gasteiger partial charge on any atom is 0.339 e. The summed E-state index contributed by atoms with van der Waals surface area (Å²) in [6.07, 6.45) is 1.89. The van der Waals surface area contributed by atoms with E-state index in [4.69, 9.17) is 0 Å². The molecule has 0 unspecified atom stereocenters. The molecule has 1 amide bonds. The Bertz CT molecular complexity index is 874. The van der Waals surface area contributed by atoms with Crippen molar-refractivity contribution in [1.82, 2.24) is 9.88 Å². The summed E-state index contributed by atoms with van der Waals surface area (Å²) in [5.41, 5.74) is 2.22. The normalized spacial score (nSPS) is 16.5. The van der Waals surface area contributed by atoms with E-state index in [2.05, 4.69) is 18.8 Å². The fourth-order valence-corrected chi connectivity index (χ4v) is 3.61. The highest BCUT2D eigenvalue weighted by Crippen LogP contribution is 2.40. The topological polar surface area (TPSA) is 73.4 Å². The van der Waals surface area contributed by atoms with E-state index in [0.717, 1.165) is 16.5 Å². The Morgan fingerprint density at radius 3 is 2.60 bits per heavy atom. The third kappa shape index (κ3) is 3.06. The number of aromatic nitrogens is 1. The molecular weight excluding hydrogens is 316 g/mol. The quantitative estimate of drug-likeness (QED) is 0.893. The van der Waals surface area contributed by atoms with Crippen molar-refractivity contribution in [3.63, 3.8) is 0 Å². The third-order valence-corrected chi connectivity index (χ3v) is 4.64. The SMILES string of the molecule is CC(C)CC(=O)N1C=C(C(=O)O)c2[nH]c3ccccc3c2C(C)(C)C1. The molecule has 132 valence electrons. The number of fused-ring (bicyclic) bond motifs is 3. The smallest absolute Gasteiger partial charge is 0.339 e. The Kier molecular flexibility index (Phi) is 4.19. The molecule has 5 nitrogen and oxygen atoms in total. The Hall–Kier alpha value is -2.56. The first-order chi connectivity index (χ1) is 11.7. The number of amides is 1. The number of benzene rings is 1. The van der Waals surface area contributed by atoms with Gasteiger partial charge < -0.3 is 15.0 Å². The van der Waals surface area contributed by atoms with Gasteiger partial charge in [0.15, 0.2) is 0 Å². The Balaban J connectivity index is 2.20. The molecule has 0 saturated carbocycles. The molecule has 0 bridgehead atoms. The van der Waals surface area contributed by atoms with E-state index in [9.17, 15) is 14.7 Å². The van der Waals surface area contributed by atoms with Crippen molar-refractivity contribution in [3.05, 3.63) is 41.7 Å². The molecule has 1 aliphatic heterocycles. The lowest BCUT2D eigenvalue weighted by Gasteiger charge is -2.30. The van der Waals surface area contributed by atoms with Crippen LogP contribution in [0.15, 0.2) is 30.5 Å². The van der Waals surface area contributed by atoms with E-state index in [1.165, 1.54) is 6.20 Å². The van der Waals surface area contributed by atoms with Gasteiger partial charge in [-0.05, 0) is 17.5 Å². The van der Waals surface area contributed by atoms with E-state index >= 15 is 0 Å². The van der Waals surface area contributed by atoms with Gasteiger partial charge in [-0.3, -0.25) is 4.79 Å². The largest absolute Gasteiger partial charge is 0.478 e. The zero-order chi connectivity index (χ0) is 18.4. The molecule has 0 atom stereocenters. The standard InChI is InChI=1S/C20H24N2O3/c1-12(2)9-16(23)22-10-14(19(24)25)18-17(20(3,4)11-22)13-7-5-6-8-15(13)21-18/h5-8,10,12,21H,9,11H2,1-4H3,(H,24,25). The van der Waals surface area contributed by atoms with Crippen LogP contribution in [0.25, 0.3) is 16.5 Å². The fraction of sp³-hybridized carbons (Fsp3) is 0.400. The number of para-hydroxylation sites is 1. The number of carbonyl (C=O) groups excluding carboxylic acids is 1. The number of H-pyrrole nitrogens is 1. The summed E-state index contributed by atoms with van der Waals surface area (Å²) in [5.74, 6) is -0.858. The molecule has 2 heterocycles. The molecule has 2 aromatic rings. The molecule has 0 radical (unpaired) electrons. The number of nitrogens with one attached hydrogen (secondary N) is 1. The van der Waals surface area contributed by atoms with Gasteiger partial charge in [-0.15, -0.1) is 0 Å². The Morgan fingerprint density at radius 2 is 1.96 bits per heavy atom. The Morgan fingerprint density at radius 1 is 1.28 bits per heavy atom. The van der Waals surface area contributed by atoms with Crippen LogP contribution in [0.2, 0.25) is 0 Å². The van der Waals surface area contributed by atoms with Gasteiger partial charge in [-0.2, -0.15) is 0 Å². The summed E-state index contributed by atoms with van der Waals surface area (Å²) >= 11 is 0. The molecule has 0 aliphatic carbocycles. The van der Waals surface area contributed by atoms with E-state index in [-0.39, 0.29) is 22.8 Å². The minimum atomic E-state index is -1.03. The predicted molar refractivity (Wildman–Crippen MR) is 98.1 cm³/mol. The molecule has 5 heteroatoms. The molecule has 0 spiro atoms. The number of carbonyl (C=O) groups is 2. The third-order valence-electron chi connectivity index (χ3n) is 4.64. The lowest BCUT2D eigenvalue weighted by molar-refractivity contribution is -0.130. The number of rotatable bonds is 3. The highest BCUT2D eigenvalue weighted by atomic mass is 16.4. The van der Waals surface area contributed by atoms with Gasteiger partial charge in [0, 0.05) is 35.5 Å². The number of aliphatic carboxylic acids is 1. The predicted octanol–water partition coefficient (Wildman–Crippen LogP) is 3.76. The first-order valence-electron chi connectivity index (χ1n) is 8.57. The molecule has 1 aromatic heterocycles. The molecule has 1 aromatic carbocycles. The molecular formula is C20H24N2O3. The molecule has 3 rings (SSSR count). The number of nitrogens with zero attached hydrogens (tertiary/aromatic N) is 1. The van der Waals surface area contributed by atoms with Gasteiger partial charge in [0.2, 0.25) is 5.91 Å². The first-order valence-corrected chi connectivity index (χ1v) is 8.57. The molecule has 1 aliphatic rings. The average molecular weight is 340 g/mol. The highest BCUT2D eigenvalue weighted by molar-refractivity contribution is 6.17. The second kappa shape index (κ2) is 6.06. The van der Waals surface area contributed by atoms with Crippen molar-refractivity contribution in [2.75, 3.05) is 6.54 Å². The summed E-state index contributed by atoms with van der Waals surface area (Å²) in [4.78, 5) is 29.4. The monoisotopic (exact) mass is 340 g/mol. The summed E-state index contributed by atoms with van der Waals surface area (Å²) in [6, 6.07) is 7.82. The van der Waals surface area contributed by atoms with Gasteiger partial charge in [-0.1, -0.05) is 45.9 Å². The average Bonchev–Trinajstić information content (AvgIpc) is 2.84. The van der Waals surface area contributed by atoms with Gasteiger partial charge in [0.1, 0.15) is 0 Å². The zero-order valence-electron chi connectivity index (χ0n) is 15.1. The van der Waals surface area contributed by atoms with Crippen LogP contribution in [0, 0.1) is 5.92 Å². The minimum Gasteiger partial charge on any atom is -0.478 e. The Labute approximate surface area is 147 Å². The van der Waals surface area contributed by atoms with E-state index in [0.29, 0.717) is 18.7 Å². The zero-order valence-corrected chi connectivity index (χ0v) is 15.1. The number of carboxylic acids is 1. The molecule has 0 fully saturated rings. The lowest BCUT2D eigenvalue weighted by Crippen LogP contribution is -2.37. The molecule has 2 N–H and O–H groups in total. The second-order valence-electron chi connectivity index (χ2n) is 7.77. The van der Waals surface area contributed by atoms with Crippen LogP contribution < -0.4 is 0 Å². The van der Waals surface area contributed by atoms with E-state index < -0.39 is 5.97 Å². The summed E-state index contributed by atoms with van der Waals surface area (Å²) in [5, 5.41) is 10.8. The number of carboxylic acid groups (broad SMARTS) is 1. The molecule has 25 heavy (non-hydrogen) atoms. The maximum atomic E-state index is 12.6. The lowest BCUT2D eigenvalue weighted by atomic mass is 9.81. The number of hydrogen-bond acceptors (Lipinski definition) is 2. The van der Waals surface area contributed by atoms with Crippen molar-refractivity contribution in [2.45, 2.75) is 39.5 Å². The van der Waals surface area contributed by atoms with Crippen molar-refractivity contribution < 1.29 is 14.7 Å². The molecule has 0 saturated heterocycles. The van der Waals surface area contributed by atoms with Crippen LogP contribution in [0.5, 0.6) is 0 Å². The highest BCUT2D eigenvalue weighted by Gasteiger charge is 2.36. The van der Waals surface area contributed by atoms with Crippen LogP contribution in [0.1, 0.15) is 45.4 Å². The second-order valence-corrected chi connectivity index (χ2v) is 7.77. The van der Waals surface area contributed by atoms with Gasteiger partial charge in [0.25, 0.3) is 0 Å². The minimum absolute atomic E-state index is 0.0451. The number of aromatic amines is 1. The van der Waals surface area contributed by atoms with Crippen LogP contribution in [0.4, 0.5) is 0 Å². The summed E-state index contributed by atoms with van der Waals surface area (Å²) < 4.78 is 0. The van der Waals surface area contributed by atoms with Crippen LogP contribution in [-0.2, 0) is 15.0 Å². The van der Waals surface area contributed by atoms with Crippen molar-refractivity contribution >= 4 is 28.4 Å².